The summed E-state index contributed by atoms with van der Waals surface area (Å²) in [5.74, 6) is 1.09. The van der Waals surface area contributed by atoms with E-state index in [1.54, 1.807) is 12.1 Å². The van der Waals surface area contributed by atoms with E-state index in [2.05, 4.69) is 38.1 Å². The first-order valence-corrected chi connectivity index (χ1v) is 13.5. The average molecular weight is 520 g/mol. The molecule has 0 aromatic heterocycles. The summed E-state index contributed by atoms with van der Waals surface area (Å²) in [6.07, 6.45) is 2.86. The number of ether oxygens (including phenoxy) is 3. The molecule has 1 amide bonds. The van der Waals surface area contributed by atoms with E-state index in [-0.39, 0.29) is 11.7 Å². The minimum Gasteiger partial charge on any atom is -0.491 e. The first-order chi connectivity index (χ1) is 18.4. The third-order valence-electron chi connectivity index (χ3n) is 6.92. The Morgan fingerprint density at radius 1 is 0.921 bits per heavy atom. The van der Waals surface area contributed by atoms with Crippen LogP contribution in [-0.4, -0.2) is 43.7 Å². The lowest BCUT2D eigenvalue weighted by Gasteiger charge is -2.15. The van der Waals surface area contributed by atoms with Crippen LogP contribution in [0.2, 0.25) is 0 Å². The fraction of sp³-hybridized carbons (Fsp3) is 0.406. The number of carbonyl (C=O) groups is 1. The molecule has 0 spiro atoms. The van der Waals surface area contributed by atoms with E-state index in [0.29, 0.717) is 50.6 Å². The maximum Gasteiger partial charge on any atom is 0.222 e. The minimum atomic E-state index is -0.333. The third kappa shape index (κ3) is 7.35. The van der Waals surface area contributed by atoms with E-state index in [1.807, 2.05) is 24.0 Å². The molecule has 1 aliphatic heterocycles. The standard InChI is InChI=1S/C32H38FNO4/c1-4-36-16-17-37-29-18-23(2)32(24(3)19-29)27-9-7-8-25(20-27)22-38-28-12-10-26(30(33)21-28)11-13-31(35)34-14-5-6-15-34/h7-10,12,18-21H,4-6,11,13-17,22H2,1-3H3. The molecule has 5 nitrogen and oxygen atoms in total. The van der Waals surface area contributed by atoms with Gasteiger partial charge in [0.05, 0.1) is 6.61 Å². The van der Waals surface area contributed by atoms with E-state index in [1.165, 1.54) is 11.6 Å². The van der Waals surface area contributed by atoms with Gasteiger partial charge in [-0.15, -0.1) is 0 Å². The van der Waals surface area contributed by atoms with Crippen LogP contribution in [-0.2, 0) is 22.6 Å². The molecule has 3 aromatic rings. The smallest absolute Gasteiger partial charge is 0.222 e. The third-order valence-corrected chi connectivity index (χ3v) is 6.92. The Hall–Kier alpha value is -3.38. The number of likely N-dealkylation sites (tertiary alicyclic amines) is 1. The van der Waals surface area contributed by atoms with E-state index in [9.17, 15) is 9.18 Å². The van der Waals surface area contributed by atoms with Crippen molar-refractivity contribution in [3.05, 3.63) is 82.7 Å². The normalized spacial score (nSPS) is 13.1. The quantitative estimate of drug-likeness (QED) is 0.251. The van der Waals surface area contributed by atoms with Crippen molar-refractivity contribution in [2.45, 2.75) is 53.1 Å². The van der Waals surface area contributed by atoms with Crippen molar-refractivity contribution in [2.24, 2.45) is 0 Å². The lowest BCUT2D eigenvalue weighted by atomic mass is 9.94. The van der Waals surface area contributed by atoms with Crippen LogP contribution in [0.25, 0.3) is 11.1 Å². The van der Waals surface area contributed by atoms with Crippen LogP contribution in [0.3, 0.4) is 0 Å². The van der Waals surface area contributed by atoms with Crippen LogP contribution in [0.4, 0.5) is 4.39 Å². The van der Waals surface area contributed by atoms with E-state index in [0.717, 1.165) is 53.9 Å². The SMILES string of the molecule is CCOCCOc1cc(C)c(-c2cccc(COc3ccc(CCC(=O)N4CCCC4)c(F)c3)c2)c(C)c1. The molecule has 0 radical (unpaired) electrons. The van der Waals surface area contributed by atoms with Crippen LogP contribution in [0.1, 0.15) is 48.4 Å². The Morgan fingerprint density at radius 2 is 1.68 bits per heavy atom. The van der Waals surface area contributed by atoms with Crippen LogP contribution < -0.4 is 9.47 Å². The van der Waals surface area contributed by atoms with E-state index < -0.39 is 0 Å². The van der Waals surface area contributed by atoms with Crippen molar-refractivity contribution < 1.29 is 23.4 Å². The van der Waals surface area contributed by atoms with Gasteiger partial charge in [0.2, 0.25) is 5.91 Å². The fourth-order valence-corrected chi connectivity index (χ4v) is 5.00. The Balaban J connectivity index is 1.36. The highest BCUT2D eigenvalue weighted by Gasteiger charge is 2.18. The van der Waals surface area contributed by atoms with Crippen LogP contribution in [0.5, 0.6) is 11.5 Å². The second kappa shape index (κ2) is 13.4. The van der Waals surface area contributed by atoms with Gasteiger partial charge in [0.25, 0.3) is 0 Å². The van der Waals surface area contributed by atoms with Gasteiger partial charge in [0, 0.05) is 32.2 Å². The second-order valence-electron chi connectivity index (χ2n) is 9.81. The Morgan fingerprint density at radius 3 is 2.39 bits per heavy atom. The van der Waals surface area contributed by atoms with Crippen molar-refractivity contribution in [3.63, 3.8) is 0 Å². The molecule has 0 N–H and O–H groups in total. The monoisotopic (exact) mass is 519 g/mol. The summed E-state index contributed by atoms with van der Waals surface area (Å²) in [6, 6.07) is 17.3. The maximum absolute atomic E-state index is 14.7. The average Bonchev–Trinajstić information content (AvgIpc) is 3.45. The molecule has 0 atom stereocenters. The zero-order chi connectivity index (χ0) is 26.9. The number of amides is 1. The number of carbonyl (C=O) groups excluding carboxylic acids is 1. The molecule has 6 heteroatoms. The van der Waals surface area contributed by atoms with Crippen molar-refractivity contribution in [3.8, 4) is 22.6 Å². The number of nitrogens with zero attached hydrogens (tertiary/aromatic N) is 1. The molecule has 202 valence electrons. The number of aryl methyl sites for hydroxylation is 3. The van der Waals surface area contributed by atoms with Crippen molar-refractivity contribution in [1.82, 2.24) is 4.90 Å². The van der Waals surface area contributed by atoms with Gasteiger partial charge in [-0.2, -0.15) is 0 Å². The summed E-state index contributed by atoms with van der Waals surface area (Å²) in [6.45, 7) is 9.90. The minimum absolute atomic E-state index is 0.108. The first kappa shape index (κ1) is 27.6. The van der Waals surface area contributed by atoms with Gasteiger partial charge in [-0.3, -0.25) is 4.79 Å². The molecule has 3 aromatic carbocycles. The van der Waals surface area contributed by atoms with Gasteiger partial charge < -0.3 is 19.1 Å². The summed E-state index contributed by atoms with van der Waals surface area (Å²) in [7, 11) is 0. The van der Waals surface area contributed by atoms with Gasteiger partial charge in [-0.1, -0.05) is 24.3 Å². The molecule has 0 aliphatic carbocycles. The number of halogens is 1. The molecular formula is C32H38FNO4. The highest BCUT2D eigenvalue weighted by atomic mass is 19.1. The van der Waals surface area contributed by atoms with Gasteiger partial charge in [0.15, 0.2) is 0 Å². The zero-order valence-corrected chi connectivity index (χ0v) is 22.7. The molecule has 1 heterocycles. The molecular weight excluding hydrogens is 481 g/mol. The fourth-order valence-electron chi connectivity index (χ4n) is 5.00. The maximum atomic E-state index is 14.7. The Bertz CT molecular complexity index is 1210. The molecule has 1 aliphatic rings. The number of benzene rings is 3. The summed E-state index contributed by atoms with van der Waals surface area (Å²) in [5.41, 5.74) is 6.09. The second-order valence-corrected chi connectivity index (χ2v) is 9.81. The van der Waals surface area contributed by atoms with Crippen molar-refractivity contribution in [1.29, 1.82) is 0 Å². The van der Waals surface area contributed by atoms with Crippen molar-refractivity contribution >= 4 is 5.91 Å². The predicted molar refractivity (Wildman–Crippen MR) is 148 cm³/mol. The molecule has 0 bridgehead atoms. The highest BCUT2D eigenvalue weighted by Crippen LogP contribution is 2.32. The molecule has 1 fully saturated rings. The van der Waals surface area contributed by atoms with Gasteiger partial charge in [-0.05, 0) is 97.7 Å². The number of hydrogen-bond acceptors (Lipinski definition) is 4. The molecule has 1 saturated heterocycles. The topological polar surface area (TPSA) is 48.0 Å². The van der Waals surface area contributed by atoms with E-state index >= 15 is 0 Å². The highest BCUT2D eigenvalue weighted by molar-refractivity contribution is 5.76. The molecule has 0 saturated carbocycles. The van der Waals surface area contributed by atoms with Crippen molar-refractivity contribution in [2.75, 3.05) is 32.9 Å². The number of rotatable bonds is 12. The molecule has 0 unspecified atom stereocenters. The first-order valence-electron chi connectivity index (χ1n) is 13.5. The molecule has 4 rings (SSSR count). The predicted octanol–water partition coefficient (Wildman–Crippen LogP) is 6.66. The van der Waals surface area contributed by atoms with Crippen LogP contribution in [0.15, 0.2) is 54.6 Å². The summed E-state index contributed by atoms with van der Waals surface area (Å²) >= 11 is 0. The van der Waals surface area contributed by atoms with Gasteiger partial charge >= 0.3 is 0 Å². The van der Waals surface area contributed by atoms with Crippen LogP contribution >= 0.6 is 0 Å². The van der Waals surface area contributed by atoms with Gasteiger partial charge in [-0.25, -0.2) is 4.39 Å². The lowest BCUT2D eigenvalue weighted by molar-refractivity contribution is -0.130. The summed E-state index contributed by atoms with van der Waals surface area (Å²) in [4.78, 5) is 14.2. The largest absolute Gasteiger partial charge is 0.491 e. The Labute approximate surface area is 225 Å². The summed E-state index contributed by atoms with van der Waals surface area (Å²) in [5, 5.41) is 0. The van der Waals surface area contributed by atoms with E-state index in [4.69, 9.17) is 14.2 Å². The molecule has 38 heavy (non-hydrogen) atoms. The zero-order valence-electron chi connectivity index (χ0n) is 22.7. The Kier molecular flexibility index (Phi) is 9.77. The van der Waals surface area contributed by atoms with Crippen LogP contribution in [0, 0.1) is 19.7 Å². The lowest BCUT2D eigenvalue weighted by Crippen LogP contribution is -2.27. The summed E-state index contributed by atoms with van der Waals surface area (Å²) < 4.78 is 31.8. The number of hydrogen-bond donors (Lipinski definition) is 0. The van der Waals surface area contributed by atoms with Gasteiger partial charge in [0.1, 0.15) is 30.5 Å².